The van der Waals surface area contributed by atoms with Crippen LogP contribution in [0.4, 0.5) is 0 Å². The molecule has 0 saturated carbocycles. The van der Waals surface area contributed by atoms with E-state index in [1.54, 1.807) is 11.0 Å². The Labute approximate surface area is 93.3 Å². The molecule has 0 fully saturated rings. The van der Waals surface area contributed by atoms with Crippen LogP contribution in [0.25, 0.3) is 0 Å². The summed E-state index contributed by atoms with van der Waals surface area (Å²) in [6.45, 7) is 10.3. The quantitative estimate of drug-likeness (QED) is 0.655. The van der Waals surface area contributed by atoms with Gasteiger partial charge in [-0.1, -0.05) is 25.8 Å². The van der Waals surface area contributed by atoms with Crippen molar-refractivity contribution in [2.75, 3.05) is 6.54 Å². The van der Waals surface area contributed by atoms with Crippen molar-refractivity contribution in [2.45, 2.75) is 52.1 Å². The van der Waals surface area contributed by atoms with Crippen LogP contribution >= 0.6 is 0 Å². The highest BCUT2D eigenvalue weighted by molar-refractivity contribution is 5.82. The zero-order valence-corrected chi connectivity index (χ0v) is 10.2. The van der Waals surface area contributed by atoms with Crippen LogP contribution in [0.1, 0.15) is 40.0 Å². The third kappa shape index (κ3) is 4.98. The van der Waals surface area contributed by atoms with Gasteiger partial charge in [-0.05, 0) is 20.3 Å². The Kier molecular flexibility index (Phi) is 7.05. The number of rotatable bonds is 7. The van der Waals surface area contributed by atoms with Crippen molar-refractivity contribution < 1.29 is 4.79 Å². The number of nitrogens with zero attached hydrogens (tertiary/aromatic N) is 1. The number of carbonyl (C=O) groups excluding carboxylic acids is 1. The van der Waals surface area contributed by atoms with Gasteiger partial charge in [-0.15, -0.1) is 6.58 Å². The van der Waals surface area contributed by atoms with Crippen LogP contribution in [-0.2, 0) is 4.79 Å². The number of amides is 1. The second-order valence-corrected chi connectivity index (χ2v) is 4.12. The van der Waals surface area contributed by atoms with Gasteiger partial charge < -0.3 is 10.6 Å². The first-order chi connectivity index (χ1) is 7.04. The van der Waals surface area contributed by atoms with Gasteiger partial charge >= 0.3 is 0 Å². The number of hydrogen-bond donors (Lipinski definition) is 1. The molecule has 0 radical (unpaired) electrons. The summed E-state index contributed by atoms with van der Waals surface area (Å²) in [5.74, 6) is 0.0401. The van der Waals surface area contributed by atoms with E-state index in [4.69, 9.17) is 5.73 Å². The molecule has 0 aliphatic rings. The van der Waals surface area contributed by atoms with Crippen molar-refractivity contribution in [1.82, 2.24) is 4.90 Å². The minimum atomic E-state index is -0.354. The van der Waals surface area contributed by atoms with E-state index in [-0.39, 0.29) is 18.0 Å². The van der Waals surface area contributed by atoms with Gasteiger partial charge in [0.1, 0.15) is 0 Å². The molecule has 0 aromatic rings. The lowest BCUT2D eigenvalue weighted by atomic mass is 10.1. The molecule has 0 spiro atoms. The predicted molar refractivity (Wildman–Crippen MR) is 64.5 cm³/mol. The van der Waals surface area contributed by atoms with Crippen molar-refractivity contribution in [1.29, 1.82) is 0 Å². The molecule has 88 valence electrons. The average Bonchev–Trinajstić information content (AvgIpc) is 2.21. The standard InChI is InChI=1S/C12H24N2O/c1-5-7-8-11(13)12(15)14(9-6-2)10(3)4/h6,10-11H,2,5,7-9,13H2,1,3-4H3/t11-/m0/s1. The van der Waals surface area contributed by atoms with Gasteiger partial charge in [0.15, 0.2) is 0 Å². The lowest BCUT2D eigenvalue weighted by molar-refractivity contribution is -0.133. The van der Waals surface area contributed by atoms with E-state index in [2.05, 4.69) is 13.5 Å². The molecule has 3 heteroatoms. The summed E-state index contributed by atoms with van der Waals surface area (Å²) in [5, 5.41) is 0. The maximum Gasteiger partial charge on any atom is 0.239 e. The van der Waals surface area contributed by atoms with E-state index in [1.807, 2.05) is 13.8 Å². The van der Waals surface area contributed by atoms with Crippen LogP contribution in [0, 0.1) is 0 Å². The van der Waals surface area contributed by atoms with Crippen molar-refractivity contribution in [3.63, 3.8) is 0 Å². The first-order valence-electron chi connectivity index (χ1n) is 5.71. The zero-order valence-electron chi connectivity index (χ0n) is 10.2. The van der Waals surface area contributed by atoms with Gasteiger partial charge in [0.05, 0.1) is 6.04 Å². The minimum absolute atomic E-state index is 0.0401. The smallest absolute Gasteiger partial charge is 0.239 e. The number of carbonyl (C=O) groups is 1. The summed E-state index contributed by atoms with van der Waals surface area (Å²) in [4.78, 5) is 13.7. The molecular weight excluding hydrogens is 188 g/mol. The lowest BCUT2D eigenvalue weighted by Gasteiger charge is -2.28. The van der Waals surface area contributed by atoms with Crippen molar-refractivity contribution in [3.05, 3.63) is 12.7 Å². The Bertz CT molecular complexity index is 202. The second-order valence-electron chi connectivity index (χ2n) is 4.12. The summed E-state index contributed by atoms with van der Waals surface area (Å²) in [6, 6.07) is -0.171. The van der Waals surface area contributed by atoms with Gasteiger partial charge in [-0.25, -0.2) is 0 Å². The van der Waals surface area contributed by atoms with Crippen LogP contribution < -0.4 is 5.73 Å². The average molecular weight is 212 g/mol. The topological polar surface area (TPSA) is 46.3 Å². The van der Waals surface area contributed by atoms with E-state index in [0.717, 1.165) is 19.3 Å². The van der Waals surface area contributed by atoms with Crippen LogP contribution in [-0.4, -0.2) is 29.4 Å². The van der Waals surface area contributed by atoms with Gasteiger partial charge in [0.2, 0.25) is 5.91 Å². The maximum atomic E-state index is 11.9. The molecule has 15 heavy (non-hydrogen) atoms. The van der Waals surface area contributed by atoms with Crippen molar-refractivity contribution in [3.8, 4) is 0 Å². The van der Waals surface area contributed by atoms with Crippen LogP contribution in [0.3, 0.4) is 0 Å². The monoisotopic (exact) mass is 212 g/mol. The summed E-state index contributed by atoms with van der Waals surface area (Å²) >= 11 is 0. The van der Waals surface area contributed by atoms with Gasteiger partial charge in [-0.3, -0.25) is 4.79 Å². The fourth-order valence-electron chi connectivity index (χ4n) is 1.45. The van der Waals surface area contributed by atoms with E-state index in [1.165, 1.54) is 0 Å². The highest BCUT2D eigenvalue weighted by atomic mass is 16.2. The zero-order chi connectivity index (χ0) is 11.8. The van der Waals surface area contributed by atoms with E-state index in [9.17, 15) is 4.79 Å². The molecule has 0 saturated heterocycles. The minimum Gasteiger partial charge on any atom is -0.335 e. The summed E-state index contributed by atoms with van der Waals surface area (Å²) in [6.07, 6.45) is 4.59. The first-order valence-corrected chi connectivity index (χ1v) is 5.71. The molecule has 0 aromatic carbocycles. The largest absolute Gasteiger partial charge is 0.335 e. The molecule has 2 N–H and O–H groups in total. The molecule has 1 atom stereocenters. The summed E-state index contributed by atoms with van der Waals surface area (Å²) in [7, 11) is 0. The summed E-state index contributed by atoms with van der Waals surface area (Å²) < 4.78 is 0. The molecule has 0 bridgehead atoms. The van der Waals surface area contributed by atoms with E-state index >= 15 is 0 Å². The Morgan fingerprint density at radius 2 is 2.13 bits per heavy atom. The number of nitrogens with two attached hydrogens (primary N) is 1. The summed E-state index contributed by atoms with van der Waals surface area (Å²) in [5.41, 5.74) is 5.85. The number of hydrogen-bond acceptors (Lipinski definition) is 2. The third-order valence-electron chi connectivity index (χ3n) is 2.42. The van der Waals surface area contributed by atoms with Crippen molar-refractivity contribution >= 4 is 5.91 Å². The molecular formula is C12H24N2O. The number of unbranched alkanes of at least 4 members (excludes halogenated alkanes) is 1. The highest BCUT2D eigenvalue weighted by Crippen LogP contribution is 2.06. The van der Waals surface area contributed by atoms with Crippen LogP contribution in [0.5, 0.6) is 0 Å². The molecule has 0 aromatic heterocycles. The molecule has 3 nitrogen and oxygen atoms in total. The van der Waals surface area contributed by atoms with Gasteiger partial charge in [0.25, 0.3) is 0 Å². The second kappa shape index (κ2) is 7.46. The molecule has 0 heterocycles. The first kappa shape index (κ1) is 14.2. The molecule has 0 aliphatic heterocycles. The predicted octanol–water partition coefficient (Wildman–Crippen LogP) is 1.93. The normalized spacial score (nSPS) is 12.6. The molecule has 0 aliphatic carbocycles. The highest BCUT2D eigenvalue weighted by Gasteiger charge is 2.21. The van der Waals surface area contributed by atoms with Crippen LogP contribution in [0.15, 0.2) is 12.7 Å². The molecule has 0 rings (SSSR count). The fourth-order valence-corrected chi connectivity index (χ4v) is 1.45. The van der Waals surface area contributed by atoms with E-state index in [0.29, 0.717) is 6.54 Å². The fraction of sp³-hybridized carbons (Fsp3) is 0.750. The SMILES string of the molecule is C=CCN(C(=O)[C@@H](N)CCCC)C(C)C. The maximum absolute atomic E-state index is 11.9. The Morgan fingerprint density at radius 1 is 1.53 bits per heavy atom. The van der Waals surface area contributed by atoms with Crippen molar-refractivity contribution in [2.24, 2.45) is 5.73 Å². The van der Waals surface area contributed by atoms with E-state index < -0.39 is 0 Å². The Morgan fingerprint density at radius 3 is 2.53 bits per heavy atom. The van der Waals surface area contributed by atoms with Gasteiger partial charge in [-0.2, -0.15) is 0 Å². The molecule has 0 unspecified atom stereocenters. The Balaban J connectivity index is 4.28. The van der Waals surface area contributed by atoms with Crippen LogP contribution in [0.2, 0.25) is 0 Å². The Hall–Kier alpha value is -0.830. The van der Waals surface area contributed by atoms with Gasteiger partial charge in [0, 0.05) is 12.6 Å². The lowest BCUT2D eigenvalue weighted by Crippen LogP contribution is -2.46. The molecule has 1 amide bonds. The third-order valence-corrected chi connectivity index (χ3v) is 2.42.